The zero-order chi connectivity index (χ0) is 5.86. The van der Waals surface area contributed by atoms with Crippen LogP contribution in [0.3, 0.4) is 0 Å². The first-order valence-corrected chi connectivity index (χ1v) is 16.3. The molecule has 0 heterocycles. The van der Waals surface area contributed by atoms with E-state index in [-0.39, 0.29) is 0 Å². The van der Waals surface area contributed by atoms with Gasteiger partial charge in [-0.25, -0.2) is 0 Å². The average Bonchev–Trinajstić information content (AvgIpc) is 1.65. The maximum atomic E-state index is 12.0. The molecule has 0 aliphatic carbocycles. The molecule has 0 aliphatic heterocycles. The Bertz CT molecular complexity index is 47.0. The molecule has 0 fully saturated rings. The Hall–Kier alpha value is 1.02. The maximum Gasteiger partial charge on any atom is 0.337 e. The van der Waals surface area contributed by atoms with Crippen molar-refractivity contribution in [3.05, 3.63) is 0 Å². The molecule has 0 bridgehead atoms. The summed E-state index contributed by atoms with van der Waals surface area (Å²) < 4.78 is 23.8. The minimum atomic E-state index is -2.72. The van der Waals surface area contributed by atoms with Crippen LogP contribution in [0.4, 0.5) is 8.22 Å². The summed E-state index contributed by atoms with van der Waals surface area (Å²) in [6.07, 6.45) is 0. The third-order valence-electron chi connectivity index (χ3n) is 0.663. The molecule has 2 unspecified atom stereocenters. The maximum absolute atomic E-state index is 12.0. The molecule has 0 saturated heterocycles. The third-order valence-corrected chi connectivity index (χ3v) is 34.6. The van der Waals surface area contributed by atoms with Gasteiger partial charge in [0.1, 0.15) is 0 Å². The zero-order valence-corrected chi connectivity index (χ0v) is 10.5. The van der Waals surface area contributed by atoms with Crippen LogP contribution < -0.4 is 0 Å². The molecule has 0 aromatic rings. The highest BCUT2D eigenvalue weighted by atomic mass is 35.6. The Balaban J connectivity index is 3.14. The zero-order valence-electron chi connectivity index (χ0n) is 4.00. The number of halogens is 3. The normalized spacial score (nSPS) is 21.0. The molecule has 0 rings (SSSR count). The van der Waals surface area contributed by atoms with Gasteiger partial charge in [-0.05, 0) is 9.76 Å². The molecular weight excluding hydrogens is 186 g/mol. The van der Waals surface area contributed by atoms with E-state index in [9.17, 15) is 8.22 Å². The van der Waals surface area contributed by atoms with E-state index >= 15 is 0 Å². The second-order valence-electron chi connectivity index (χ2n) is 1.26. The summed E-state index contributed by atoms with van der Waals surface area (Å²) in [4.78, 5) is 0. The second kappa shape index (κ2) is 3.95. The second-order valence-corrected chi connectivity index (χ2v) is 25.2. The van der Waals surface area contributed by atoms with E-state index in [0.717, 1.165) is 9.76 Å². The standard InChI is InChI=1S/ClF2H7Si4/c1-6(2)7(3)5-4/h6-7H,5H2,4H3. The highest BCUT2D eigenvalue weighted by Crippen LogP contribution is 1.95. The first-order chi connectivity index (χ1) is 3.18. The highest BCUT2D eigenvalue weighted by molar-refractivity contribution is 7.59. The molecule has 0 nitrogen and oxygen atoms in total. The van der Waals surface area contributed by atoms with Crippen LogP contribution in [0.25, 0.3) is 0 Å². The van der Waals surface area contributed by atoms with Crippen molar-refractivity contribution < 1.29 is 8.22 Å². The van der Waals surface area contributed by atoms with Gasteiger partial charge in [-0.2, -0.15) is 0 Å². The van der Waals surface area contributed by atoms with Gasteiger partial charge in [0.05, 0.1) is 0 Å². The fraction of sp³-hybridized carbons (Fsp3) is 0. The van der Waals surface area contributed by atoms with Crippen LogP contribution in [0.1, 0.15) is 0 Å². The van der Waals surface area contributed by atoms with Gasteiger partial charge in [0.25, 0.3) is 0 Å². The summed E-state index contributed by atoms with van der Waals surface area (Å²) in [7, 11) is -4.68. The number of hydrogen-bond acceptors (Lipinski definition) is 0. The molecule has 2 atom stereocenters. The van der Waals surface area contributed by atoms with Gasteiger partial charge in [-0.3, -0.25) is 4.11 Å². The molecule has 0 aromatic heterocycles. The molecule has 7 heteroatoms. The van der Waals surface area contributed by atoms with E-state index in [1.54, 1.807) is 0 Å². The summed E-state index contributed by atoms with van der Waals surface area (Å²) in [5, 5.41) is 0. The van der Waals surface area contributed by atoms with Gasteiger partial charge in [0.15, 0.2) is 0 Å². The Morgan fingerprint density at radius 2 is 2.00 bits per heavy atom. The lowest BCUT2D eigenvalue weighted by atomic mass is 18.9. The minimum absolute atomic E-state index is 0.543. The van der Waals surface area contributed by atoms with Gasteiger partial charge in [0, 0.05) is 8.55 Å². The fourth-order valence-corrected chi connectivity index (χ4v) is 28.9. The lowest BCUT2D eigenvalue weighted by Crippen LogP contribution is -2.29. The third kappa shape index (κ3) is 3.59. The predicted octanol–water partition coefficient (Wildman–Crippen LogP) is -1.87. The van der Waals surface area contributed by atoms with Gasteiger partial charge in [-0.15, -0.1) is 11.1 Å². The summed E-state index contributed by atoms with van der Waals surface area (Å²) in [5.41, 5.74) is 0. The van der Waals surface area contributed by atoms with E-state index in [4.69, 9.17) is 11.1 Å². The summed E-state index contributed by atoms with van der Waals surface area (Å²) in [5.74, 6) is 0. The summed E-state index contributed by atoms with van der Waals surface area (Å²) in [6.45, 7) is 0. The first-order valence-electron chi connectivity index (χ1n) is 2.10. The number of rotatable bonds is 2. The van der Waals surface area contributed by atoms with Crippen molar-refractivity contribution in [3.63, 3.8) is 0 Å². The van der Waals surface area contributed by atoms with E-state index in [1.165, 1.54) is 0 Å². The van der Waals surface area contributed by atoms with E-state index < -0.39 is 24.7 Å². The largest absolute Gasteiger partial charge is 0.337 e. The molecule has 0 amide bonds. The predicted molar refractivity (Wildman–Crippen MR) is 40.9 cm³/mol. The van der Waals surface area contributed by atoms with Crippen molar-refractivity contribution in [2.45, 2.75) is 0 Å². The van der Waals surface area contributed by atoms with Crippen molar-refractivity contribution in [2.24, 2.45) is 0 Å². The molecule has 7 heavy (non-hydrogen) atoms. The van der Waals surface area contributed by atoms with Crippen molar-refractivity contribution in [3.8, 4) is 0 Å². The molecule has 0 N–H and O–H groups in total. The van der Waals surface area contributed by atoms with Crippen molar-refractivity contribution >= 4 is 45.5 Å². The molecule has 0 saturated carbocycles. The monoisotopic (exact) mass is 192 g/mol. The van der Waals surface area contributed by atoms with Crippen LogP contribution >= 0.6 is 11.1 Å². The van der Waals surface area contributed by atoms with Crippen LogP contribution in [0.15, 0.2) is 0 Å². The van der Waals surface area contributed by atoms with Gasteiger partial charge >= 0.3 is 7.96 Å². The van der Waals surface area contributed by atoms with Gasteiger partial charge in [-0.1, -0.05) is 0 Å². The Morgan fingerprint density at radius 3 is 2.00 bits per heavy atom. The summed E-state index contributed by atoms with van der Waals surface area (Å²) >= 11 is 4.94. The quantitative estimate of drug-likeness (QED) is 0.356. The van der Waals surface area contributed by atoms with Crippen molar-refractivity contribution in [1.29, 1.82) is 0 Å². The molecule has 0 radical (unpaired) electrons. The molecular formula is H7ClF2Si4. The molecule has 44 valence electrons. The van der Waals surface area contributed by atoms with Crippen LogP contribution in [0.5, 0.6) is 0 Å². The lowest BCUT2D eigenvalue weighted by Gasteiger charge is -1.94. The van der Waals surface area contributed by atoms with Crippen LogP contribution in [0, 0.1) is 0 Å². The Morgan fingerprint density at radius 1 is 1.57 bits per heavy atom. The van der Waals surface area contributed by atoms with Crippen LogP contribution in [-0.2, 0) is 0 Å². The molecule has 0 spiro atoms. The lowest BCUT2D eigenvalue weighted by molar-refractivity contribution is 0.838. The van der Waals surface area contributed by atoms with E-state index in [0.29, 0.717) is 0 Å². The number of hydrogen-bond donors (Lipinski definition) is 0. The highest BCUT2D eigenvalue weighted by Gasteiger charge is 2.20. The van der Waals surface area contributed by atoms with Crippen LogP contribution in [-0.4, -0.2) is 34.4 Å². The molecule has 0 aromatic carbocycles. The SMILES string of the molecule is F[SiH](Cl)[SiH](F)[SiH2][SiH3]. The Kier molecular flexibility index (Phi) is 4.53. The fourth-order valence-electron chi connectivity index (χ4n) is 0.178. The first kappa shape index (κ1) is 8.02. The van der Waals surface area contributed by atoms with Crippen LogP contribution in [0.2, 0.25) is 0 Å². The topological polar surface area (TPSA) is 0 Å². The molecule has 0 aliphatic rings. The average molecular weight is 193 g/mol. The minimum Gasteiger partial charge on any atom is -0.322 e. The van der Waals surface area contributed by atoms with Crippen molar-refractivity contribution in [2.75, 3.05) is 0 Å². The van der Waals surface area contributed by atoms with Gasteiger partial charge in [0.2, 0.25) is 8.17 Å². The smallest absolute Gasteiger partial charge is 0.322 e. The van der Waals surface area contributed by atoms with Gasteiger partial charge < -0.3 is 4.11 Å². The summed E-state index contributed by atoms with van der Waals surface area (Å²) in [6, 6.07) is 0. The van der Waals surface area contributed by atoms with E-state index in [1.807, 2.05) is 0 Å². The Labute approximate surface area is 54.1 Å². The van der Waals surface area contributed by atoms with Crippen molar-refractivity contribution in [1.82, 2.24) is 0 Å². The van der Waals surface area contributed by atoms with E-state index in [2.05, 4.69) is 0 Å².